The van der Waals surface area contributed by atoms with Gasteiger partial charge < -0.3 is 15.2 Å². The molecule has 1 aliphatic heterocycles. The molecule has 4 nitrogen and oxygen atoms in total. The second kappa shape index (κ2) is 3.55. The van der Waals surface area contributed by atoms with Crippen LogP contribution in [-0.4, -0.2) is 30.3 Å². The molecule has 0 spiro atoms. The molecule has 0 radical (unpaired) electrons. The normalized spacial score (nSPS) is 26.4. The third-order valence-electron chi connectivity index (χ3n) is 2.62. The molecule has 2 rings (SSSR count). The van der Waals surface area contributed by atoms with Crippen molar-refractivity contribution in [1.29, 1.82) is 0 Å². The van der Waals surface area contributed by atoms with E-state index in [0.29, 0.717) is 12.3 Å². The maximum atomic E-state index is 10.2. The number of nitrogens with one attached hydrogen (secondary N) is 1. The second-order valence-corrected chi connectivity index (χ2v) is 3.57. The van der Waals surface area contributed by atoms with Crippen molar-refractivity contribution in [1.82, 2.24) is 10.3 Å². The molecular formula is C10H14N2O2. The Kier molecular flexibility index (Phi) is 2.39. The van der Waals surface area contributed by atoms with Crippen molar-refractivity contribution >= 4 is 0 Å². The SMILES string of the molecule is COc1cncc(C2(O)CCNC2)c1. The van der Waals surface area contributed by atoms with Crippen LogP contribution in [0.5, 0.6) is 5.75 Å². The molecule has 0 aromatic carbocycles. The van der Waals surface area contributed by atoms with Crippen LogP contribution in [0.2, 0.25) is 0 Å². The van der Waals surface area contributed by atoms with Gasteiger partial charge in [0, 0.05) is 18.3 Å². The molecule has 0 amide bonds. The molecule has 2 N–H and O–H groups in total. The van der Waals surface area contributed by atoms with Crippen molar-refractivity contribution < 1.29 is 9.84 Å². The van der Waals surface area contributed by atoms with Gasteiger partial charge in [-0.05, 0) is 19.0 Å². The second-order valence-electron chi connectivity index (χ2n) is 3.57. The van der Waals surface area contributed by atoms with E-state index in [1.54, 1.807) is 19.5 Å². The Balaban J connectivity index is 2.30. The summed E-state index contributed by atoms with van der Waals surface area (Å²) in [4.78, 5) is 4.03. The Morgan fingerprint density at radius 3 is 3.07 bits per heavy atom. The summed E-state index contributed by atoms with van der Waals surface area (Å²) in [5, 5.41) is 13.4. The van der Waals surface area contributed by atoms with Gasteiger partial charge in [-0.15, -0.1) is 0 Å². The molecule has 4 heteroatoms. The zero-order valence-electron chi connectivity index (χ0n) is 8.16. The van der Waals surface area contributed by atoms with Gasteiger partial charge >= 0.3 is 0 Å². The zero-order valence-corrected chi connectivity index (χ0v) is 8.16. The van der Waals surface area contributed by atoms with Gasteiger partial charge in [-0.1, -0.05) is 0 Å². The van der Waals surface area contributed by atoms with Crippen LogP contribution in [0.1, 0.15) is 12.0 Å². The maximum absolute atomic E-state index is 10.2. The first-order valence-electron chi connectivity index (χ1n) is 4.67. The summed E-state index contributed by atoms with van der Waals surface area (Å²) >= 11 is 0. The average molecular weight is 194 g/mol. The third-order valence-corrected chi connectivity index (χ3v) is 2.62. The van der Waals surface area contributed by atoms with E-state index in [1.165, 1.54) is 0 Å². The van der Waals surface area contributed by atoms with Crippen LogP contribution < -0.4 is 10.1 Å². The summed E-state index contributed by atoms with van der Waals surface area (Å²) in [6.45, 7) is 1.43. The van der Waals surface area contributed by atoms with Crippen LogP contribution >= 0.6 is 0 Å². The van der Waals surface area contributed by atoms with Crippen molar-refractivity contribution in [2.45, 2.75) is 12.0 Å². The van der Waals surface area contributed by atoms with Crippen molar-refractivity contribution in [3.8, 4) is 5.75 Å². The summed E-state index contributed by atoms with van der Waals surface area (Å²) in [5.74, 6) is 0.683. The third kappa shape index (κ3) is 1.58. The van der Waals surface area contributed by atoms with Gasteiger partial charge in [0.15, 0.2) is 0 Å². The van der Waals surface area contributed by atoms with Crippen LogP contribution in [0, 0.1) is 0 Å². The minimum atomic E-state index is -0.776. The van der Waals surface area contributed by atoms with Crippen LogP contribution in [-0.2, 0) is 5.60 Å². The summed E-state index contributed by atoms with van der Waals surface area (Å²) < 4.78 is 5.07. The summed E-state index contributed by atoms with van der Waals surface area (Å²) in [5.41, 5.74) is 0.0449. The number of hydrogen-bond acceptors (Lipinski definition) is 4. The smallest absolute Gasteiger partial charge is 0.137 e. The Labute approximate surface area is 82.9 Å². The fourth-order valence-corrected chi connectivity index (χ4v) is 1.71. The molecule has 1 fully saturated rings. The monoisotopic (exact) mass is 194 g/mol. The van der Waals surface area contributed by atoms with E-state index in [1.807, 2.05) is 6.07 Å². The highest BCUT2D eigenvalue weighted by Crippen LogP contribution is 2.28. The van der Waals surface area contributed by atoms with Crippen molar-refractivity contribution in [3.05, 3.63) is 24.0 Å². The standard InChI is InChI=1S/C10H14N2O2/c1-14-9-4-8(5-12-6-9)10(13)2-3-11-7-10/h4-6,11,13H,2-3,7H2,1H3. The van der Waals surface area contributed by atoms with Gasteiger partial charge in [-0.25, -0.2) is 0 Å². The van der Waals surface area contributed by atoms with E-state index in [2.05, 4.69) is 10.3 Å². The zero-order chi connectivity index (χ0) is 10.0. The molecule has 1 atom stereocenters. The quantitative estimate of drug-likeness (QED) is 0.709. The molecule has 1 aromatic rings. The van der Waals surface area contributed by atoms with Crippen molar-refractivity contribution in [2.75, 3.05) is 20.2 Å². The van der Waals surface area contributed by atoms with Crippen LogP contribution in [0.15, 0.2) is 18.5 Å². The van der Waals surface area contributed by atoms with Gasteiger partial charge in [0.25, 0.3) is 0 Å². The van der Waals surface area contributed by atoms with Crippen LogP contribution in [0.25, 0.3) is 0 Å². The summed E-state index contributed by atoms with van der Waals surface area (Å²) in [6, 6.07) is 1.83. The van der Waals surface area contributed by atoms with Crippen LogP contribution in [0.4, 0.5) is 0 Å². The molecule has 1 aromatic heterocycles. The van der Waals surface area contributed by atoms with Gasteiger partial charge in [0.1, 0.15) is 11.4 Å². The molecule has 2 heterocycles. The number of pyridine rings is 1. The van der Waals surface area contributed by atoms with E-state index in [9.17, 15) is 5.11 Å². The predicted molar refractivity (Wildman–Crippen MR) is 52.2 cm³/mol. The van der Waals surface area contributed by atoms with Gasteiger partial charge in [-0.3, -0.25) is 4.98 Å². The minimum absolute atomic E-state index is 0.585. The largest absolute Gasteiger partial charge is 0.495 e. The van der Waals surface area contributed by atoms with Crippen molar-refractivity contribution in [3.63, 3.8) is 0 Å². The number of aliphatic hydroxyl groups is 1. The Morgan fingerprint density at radius 2 is 2.43 bits per heavy atom. The van der Waals surface area contributed by atoms with E-state index >= 15 is 0 Å². The fourth-order valence-electron chi connectivity index (χ4n) is 1.71. The van der Waals surface area contributed by atoms with Crippen molar-refractivity contribution in [2.24, 2.45) is 0 Å². The number of methoxy groups -OCH3 is 1. The lowest BCUT2D eigenvalue weighted by Crippen LogP contribution is -2.28. The predicted octanol–water partition coefficient (Wildman–Crippen LogP) is 0.271. The van der Waals surface area contributed by atoms with Gasteiger partial charge in [-0.2, -0.15) is 0 Å². The van der Waals surface area contributed by atoms with E-state index < -0.39 is 5.60 Å². The number of rotatable bonds is 2. The maximum Gasteiger partial charge on any atom is 0.137 e. The molecule has 0 saturated carbocycles. The molecular weight excluding hydrogens is 180 g/mol. The molecule has 0 aliphatic carbocycles. The molecule has 1 unspecified atom stereocenters. The first-order valence-corrected chi connectivity index (χ1v) is 4.67. The number of ether oxygens (including phenoxy) is 1. The Bertz CT molecular complexity index is 322. The van der Waals surface area contributed by atoms with E-state index in [0.717, 1.165) is 18.5 Å². The summed E-state index contributed by atoms with van der Waals surface area (Å²) in [6.07, 6.45) is 4.05. The molecule has 1 aliphatic rings. The minimum Gasteiger partial charge on any atom is -0.495 e. The molecule has 14 heavy (non-hydrogen) atoms. The Morgan fingerprint density at radius 1 is 1.57 bits per heavy atom. The highest BCUT2D eigenvalue weighted by Gasteiger charge is 2.33. The number of hydrogen-bond donors (Lipinski definition) is 2. The first-order chi connectivity index (χ1) is 6.74. The number of β-amino-alcohol motifs (C(OH)–C–C–N with tert-alkyl or cyclic N) is 1. The summed E-state index contributed by atoms with van der Waals surface area (Å²) in [7, 11) is 1.59. The highest BCUT2D eigenvalue weighted by molar-refractivity contribution is 5.29. The number of nitrogens with zero attached hydrogens (tertiary/aromatic N) is 1. The molecule has 1 saturated heterocycles. The lowest BCUT2D eigenvalue weighted by atomic mass is 9.95. The van der Waals surface area contributed by atoms with E-state index in [4.69, 9.17) is 4.74 Å². The number of aromatic nitrogens is 1. The Hall–Kier alpha value is -1.13. The molecule has 76 valence electrons. The fraction of sp³-hybridized carbons (Fsp3) is 0.500. The van der Waals surface area contributed by atoms with Gasteiger partial charge in [0.2, 0.25) is 0 Å². The first kappa shape index (κ1) is 9.43. The van der Waals surface area contributed by atoms with Crippen LogP contribution in [0.3, 0.4) is 0 Å². The topological polar surface area (TPSA) is 54.4 Å². The lowest BCUT2D eigenvalue weighted by molar-refractivity contribution is 0.0581. The van der Waals surface area contributed by atoms with Gasteiger partial charge in [0.05, 0.1) is 13.3 Å². The molecule has 0 bridgehead atoms. The highest BCUT2D eigenvalue weighted by atomic mass is 16.5. The average Bonchev–Trinajstić information content (AvgIpc) is 2.67. The van der Waals surface area contributed by atoms with E-state index in [-0.39, 0.29) is 0 Å². The lowest BCUT2D eigenvalue weighted by Gasteiger charge is -2.21.